The van der Waals surface area contributed by atoms with Crippen molar-refractivity contribution in [1.82, 2.24) is 0 Å². The van der Waals surface area contributed by atoms with E-state index in [0.29, 0.717) is 22.8 Å². The number of benzene rings is 2. The van der Waals surface area contributed by atoms with Gasteiger partial charge < -0.3 is 19.5 Å². The number of allylic oxidation sites excluding steroid dienone is 1. The summed E-state index contributed by atoms with van der Waals surface area (Å²) >= 11 is 0. The van der Waals surface area contributed by atoms with Gasteiger partial charge in [-0.1, -0.05) is 12.1 Å². The van der Waals surface area contributed by atoms with E-state index in [4.69, 9.17) is 14.2 Å². The number of carbonyl (C=O) groups is 1. The normalized spacial score (nSPS) is 10.5. The second-order valence-corrected chi connectivity index (χ2v) is 5.13. The molecule has 0 saturated carbocycles. The first-order valence-electron chi connectivity index (χ1n) is 7.43. The van der Waals surface area contributed by atoms with Crippen LogP contribution in [0.2, 0.25) is 0 Å². The van der Waals surface area contributed by atoms with Crippen LogP contribution in [0.3, 0.4) is 0 Å². The van der Waals surface area contributed by atoms with E-state index in [1.807, 2.05) is 31.2 Å². The number of hydrogen-bond donors (Lipinski definition) is 1. The second kappa shape index (κ2) is 8.06. The minimum Gasteiger partial charge on any atom is -0.493 e. The fraction of sp³-hybridized carbons (Fsp3) is 0.211. The molecule has 1 N–H and O–H groups in total. The minimum atomic E-state index is -0.172. The maximum atomic E-state index is 12.4. The third kappa shape index (κ3) is 4.07. The predicted molar refractivity (Wildman–Crippen MR) is 94.4 cm³/mol. The van der Waals surface area contributed by atoms with E-state index in [-0.39, 0.29) is 5.78 Å². The molecule has 0 aromatic heterocycles. The summed E-state index contributed by atoms with van der Waals surface area (Å²) in [6, 6.07) is 11.1. The molecule has 2 aromatic carbocycles. The van der Waals surface area contributed by atoms with E-state index in [9.17, 15) is 4.79 Å². The van der Waals surface area contributed by atoms with Crippen molar-refractivity contribution in [3.63, 3.8) is 0 Å². The van der Waals surface area contributed by atoms with Gasteiger partial charge in [-0.05, 0) is 36.8 Å². The Hall–Kier alpha value is -2.95. The Morgan fingerprint density at radius 2 is 1.67 bits per heavy atom. The van der Waals surface area contributed by atoms with E-state index in [1.54, 1.807) is 18.3 Å². The lowest BCUT2D eigenvalue weighted by atomic mass is 10.1. The van der Waals surface area contributed by atoms with E-state index in [0.717, 1.165) is 11.3 Å². The molecule has 0 aliphatic rings. The van der Waals surface area contributed by atoms with E-state index < -0.39 is 0 Å². The Bertz CT molecular complexity index is 728. The number of ether oxygens (including phenoxy) is 3. The lowest BCUT2D eigenvalue weighted by Crippen LogP contribution is -2.01. The van der Waals surface area contributed by atoms with Crippen LogP contribution in [-0.2, 0) is 0 Å². The number of methoxy groups -OCH3 is 3. The molecule has 0 aliphatic heterocycles. The number of nitrogens with one attached hydrogen (secondary N) is 1. The van der Waals surface area contributed by atoms with Crippen LogP contribution in [0.1, 0.15) is 15.9 Å². The SMILES string of the molecule is COc1cc(C(=O)/C=C\Nc2cccc(C)c2)cc(OC)c1OC. The molecular weight excluding hydrogens is 306 g/mol. The number of ketones is 1. The van der Waals surface area contributed by atoms with Crippen LogP contribution in [0.15, 0.2) is 48.7 Å². The van der Waals surface area contributed by atoms with Crippen molar-refractivity contribution >= 4 is 11.5 Å². The van der Waals surface area contributed by atoms with Crippen LogP contribution < -0.4 is 19.5 Å². The van der Waals surface area contributed by atoms with E-state index in [2.05, 4.69) is 5.32 Å². The van der Waals surface area contributed by atoms with Gasteiger partial charge in [0.05, 0.1) is 21.3 Å². The highest BCUT2D eigenvalue weighted by atomic mass is 16.5. The number of aryl methyl sites for hydroxylation is 1. The molecule has 0 atom stereocenters. The summed E-state index contributed by atoms with van der Waals surface area (Å²) < 4.78 is 15.8. The molecule has 0 spiro atoms. The maximum Gasteiger partial charge on any atom is 0.203 e. The average Bonchev–Trinajstić information content (AvgIpc) is 2.60. The van der Waals surface area contributed by atoms with E-state index in [1.165, 1.54) is 27.4 Å². The molecule has 0 heterocycles. The molecule has 126 valence electrons. The largest absolute Gasteiger partial charge is 0.493 e. The number of hydrogen-bond acceptors (Lipinski definition) is 5. The first kappa shape index (κ1) is 17.4. The molecule has 0 radical (unpaired) electrons. The van der Waals surface area contributed by atoms with Crippen molar-refractivity contribution in [3.05, 3.63) is 59.8 Å². The van der Waals surface area contributed by atoms with Crippen molar-refractivity contribution in [1.29, 1.82) is 0 Å². The predicted octanol–water partition coefficient (Wildman–Crippen LogP) is 3.83. The molecule has 2 aromatic rings. The molecule has 0 unspecified atom stereocenters. The summed E-state index contributed by atoms with van der Waals surface area (Å²) in [6.07, 6.45) is 3.07. The summed E-state index contributed by atoms with van der Waals surface area (Å²) in [7, 11) is 4.55. The maximum absolute atomic E-state index is 12.4. The third-order valence-electron chi connectivity index (χ3n) is 3.45. The van der Waals surface area contributed by atoms with Gasteiger partial charge in [0.2, 0.25) is 5.75 Å². The summed E-state index contributed by atoms with van der Waals surface area (Å²) in [6.45, 7) is 2.01. The van der Waals surface area contributed by atoms with Crippen LogP contribution in [-0.4, -0.2) is 27.1 Å². The number of anilines is 1. The Morgan fingerprint density at radius 1 is 1.00 bits per heavy atom. The minimum absolute atomic E-state index is 0.172. The second-order valence-electron chi connectivity index (χ2n) is 5.13. The Kier molecular flexibility index (Phi) is 5.84. The van der Waals surface area contributed by atoms with Crippen LogP contribution in [0.25, 0.3) is 0 Å². The third-order valence-corrected chi connectivity index (χ3v) is 3.45. The van der Waals surface area contributed by atoms with Crippen molar-refractivity contribution in [2.24, 2.45) is 0 Å². The highest BCUT2D eigenvalue weighted by molar-refractivity contribution is 6.05. The van der Waals surface area contributed by atoms with Gasteiger partial charge in [0, 0.05) is 23.5 Å². The van der Waals surface area contributed by atoms with Crippen LogP contribution in [0.5, 0.6) is 17.2 Å². The Labute approximate surface area is 141 Å². The molecule has 2 rings (SSSR count). The van der Waals surface area contributed by atoms with Crippen LogP contribution in [0, 0.1) is 6.92 Å². The summed E-state index contributed by atoms with van der Waals surface area (Å²) in [5.74, 6) is 1.17. The van der Waals surface area contributed by atoms with Gasteiger partial charge in [-0.15, -0.1) is 0 Å². The zero-order valence-corrected chi connectivity index (χ0v) is 14.3. The fourth-order valence-electron chi connectivity index (χ4n) is 2.27. The van der Waals surface area contributed by atoms with Gasteiger partial charge >= 0.3 is 0 Å². The van der Waals surface area contributed by atoms with Gasteiger partial charge in [-0.2, -0.15) is 0 Å². The van der Waals surface area contributed by atoms with Gasteiger partial charge in [0.1, 0.15) is 0 Å². The van der Waals surface area contributed by atoms with Gasteiger partial charge in [-0.25, -0.2) is 0 Å². The highest BCUT2D eigenvalue weighted by Gasteiger charge is 2.15. The molecule has 0 fully saturated rings. The lowest BCUT2D eigenvalue weighted by molar-refractivity contribution is 0.104. The smallest absolute Gasteiger partial charge is 0.203 e. The fourth-order valence-corrected chi connectivity index (χ4v) is 2.27. The molecule has 0 bridgehead atoms. The number of carbonyl (C=O) groups excluding carboxylic acids is 1. The first-order valence-corrected chi connectivity index (χ1v) is 7.43. The molecule has 24 heavy (non-hydrogen) atoms. The first-order chi connectivity index (χ1) is 11.6. The van der Waals surface area contributed by atoms with Crippen molar-refractivity contribution in [2.75, 3.05) is 26.6 Å². The number of rotatable bonds is 7. The zero-order valence-electron chi connectivity index (χ0n) is 14.3. The summed E-state index contributed by atoms with van der Waals surface area (Å²) in [4.78, 5) is 12.4. The highest BCUT2D eigenvalue weighted by Crippen LogP contribution is 2.38. The zero-order chi connectivity index (χ0) is 17.5. The lowest BCUT2D eigenvalue weighted by Gasteiger charge is -2.13. The van der Waals surface area contributed by atoms with Crippen molar-refractivity contribution in [3.8, 4) is 17.2 Å². The Balaban J connectivity index is 2.18. The van der Waals surface area contributed by atoms with Crippen LogP contribution >= 0.6 is 0 Å². The summed E-state index contributed by atoms with van der Waals surface area (Å²) in [5, 5.41) is 3.08. The quantitative estimate of drug-likeness (QED) is 0.619. The summed E-state index contributed by atoms with van der Waals surface area (Å²) in [5.41, 5.74) is 2.51. The van der Waals surface area contributed by atoms with Crippen molar-refractivity contribution in [2.45, 2.75) is 6.92 Å². The molecule has 5 heteroatoms. The molecule has 0 saturated heterocycles. The average molecular weight is 327 g/mol. The van der Waals surface area contributed by atoms with Crippen LogP contribution in [0.4, 0.5) is 5.69 Å². The molecule has 0 aliphatic carbocycles. The molecular formula is C19H21NO4. The van der Waals surface area contributed by atoms with Gasteiger partial charge in [0.15, 0.2) is 17.3 Å². The Morgan fingerprint density at radius 3 is 2.21 bits per heavy atom. The molecule has 5 nitrogen and oxygen atoms in total. The molecule has 0 amide bonds. The van der Waals surface area contributed by atoms with Gasteiger partial charge in [0.25, 0.3) is 0 Å². The van der Waals surface area contributed by atoms with Gasteiger partial charge in [-0.3, -0.25) is 4.79 Å². The van der Waals surface area contributed by atoms with Crippen molar-refractivity contribution < 1.29 is 19.0 Å². The topological polar surface area (TPSA) is 56.8 Å². The monoisotopic (exact) mass is 327 g/mol. The standard InChI is InChI=1S/C19H21NO4/c1-13-6-5-7-15(10-13)20-9-8-16(21)14-11-17(22-2)19(24-4)18(12-14)23-3/h5-12,20H,1-4H3/b9-8-. The van der Waals surface area contributed by atoms with E-state index >= 15 is 0 Å².